The maximum Gasteiger partial charge on any atom is 0.230 e. The molecule has 2 aliphatic carbocycles. The van der Waals surface area contributed by atoms with Gasteiger partial charge in [0.25, 0.3) is 0 Å². The van der Waals surface area contributed by atoms with Crippen molar-refractivity contribution in [2.24, 2.45) is 0 Å². The summed E-state index contributed by atoms with van der Waals surface area (Å²) in [7, 11) is 0. The summed E-state index contributed by atoms with van der Waals surface area (Å²) in [4.78, 5) is 12.7. The van der Waals surface area contributed by atoms with Gasteiger partial charge in [-0.15, -0.1) is 0 Å². The molecule has 3 rings (SSSR count). The van der Waals surface area contributed by atoms with Crippen molar-refractivity contribution in [3.63, 3.8) is 0 Å². The number of carbonyl (C=O) groups is 1. The lowest BCUT2D eigenvalue weighted by Gasteiger charge is -2.34. The zero-order chi connectivity index (χ0) is 13.3. The molecule has 2 saturated carbocycles. The van der Waals surface area contributed by atoms with Crippen molar-refractivity contribution in [1.82, 2.24) is 5.32 Å². The third-order valence-corrected chi connectivity index (χ3v) is 4.98. The van der Waals surface area contributed by atoms with Crippen molar-refractivity contribution in [2.75, 3.05) is 0 Å². The van der Waals surface area contributed by atoms with E-state index >= 15 is 0 Å². The third-order valence-electron chi connectivity index (χ3n) is 4.73. The minimum Gasteiger partial charge on any atom is -0.353 e. The summed E-state index contributed by atoms with van der Waals surface area (Å²) in [5.74, 6) is 0.233. The standard InChI is InChI=1S/C16H20ClNO/c17-13-8-6-12(7-9-13)16(10-1-2-11-16)15(19)18-14-4-3-5-14/h6-9,14H,1-5,10-11H2,(H,18,19). The molecule has 0 radical (unpaired) electrons. The summed E-state index contributed by atoms with van der Waals surface area (Å²) >= 11 is 5.96. The number of amides is 1. The van der Waals surface area contributed by atoms with E-state index in [0.717, 1.165) is 49.1 Å². The van der Waals surface area contributed by atoms with Gasteiger partial charge in [0.05, 0.1) is 5.41 Å². The highest BCUT2D eigenvalue weighted by molar-refractivity contribution is 6.30. The van der Waals surface area contributed by atoms with Crippen molar-refractivity contribution in [1.29, 1.82) is 0 Å². The molecule has 102 valence electrons. The van der Waals surface area contributed by atoms with E-state index in [1.54, 1.807) is 0 Å². The molecule has 0 aliphatic heterocycles. The van der Waals surface area contributed by atoms with E-state index < -0.39 is 0 Å². The van der Waals surface area contributed by atoms with Crippen LogP contribution >= 0.6 is 11.6 Å². The molecule has 1 aromatic carbocycles. The van der Waals surface area contributed by atoms with E-state index in [0.29, 0.717) is 6.04 Å². The Kier molecular flexibility index (Phi) is 3.53. The first-order valence-corrected chi connectivity index (χ1v) is 7.65. The van der Waals surface area contributed by atoms with Gasteiger partial charge in [0.2, 0.25) is 5.91 Å². The molecule has 1 amide bonds. The average Bonchev–Trinajstić information content (AvgIpc) is 2.85. The van der Waals surface area contributed by atoms with Gasteiger partial charge in [-0.25, -0.2) is 0 Å². The van der Waals surface area contributed by atoms with E-state index in [1.165, 1.54) is 6.42 Å². The van der Waals surface area contributed by atoms with Gasteiger partial charge in [0, 0.05) is 11.1 Å². The number of hydrogen-bond donors (Lipinski definition) is 1. The lowest BCUT2D eigenvalue weighted by molar-refractivity contribution is -0.128. The second-order valence-electron chi connectivity index (χ2n) is 5.90. The van der Waals surface area contributed by atoms with Crippen LogP contribution in [0.4, 0.5) is 0 Å². The molecule has 0 aromatic heterocycles. The molecule has 0 heterocycles. The van der Waals surface area contributed by atoms with Crippen molar-refractivity contribution in [3.8, 4) is 0 Å². The molecule has 0 saturated heterocycles. The largest absolute Gasteiger partial charge is 0.353 e. The summed E-state index contributed by atoms with van der Waals surface area (Å²) in [6, 6.07) is 8.25. The Morgan fingerprint density at radius 3 is 2.26 bits per heavy atom. The Morgan fingerprint density at radius 2 is 1.74 bits per heavy atom. The maximum absolute atomic E-state index is 12.7. The lowest BCUT2D eigenvalue weighted by Crippen LogP contribution is -2.49. The third kappa shape index (κ3) is 2.38. The first-order valence-electron chi connectivity index (χ1n) is 7.28. The normalized spacial score (nSPS) is 21.9. The topological polar surface area (TPSA) is 29.1 Å². The van der Waals surface area contributed by atoms with Gasteiger partial charge in [-0.05, 0) is 49.8 Å². The fraction of sp³-hybridized carbons (Fsp3) is 0.562. The van der Waals surface area contributed by atoms with Crippen LogP contribution < -0.4 is 5.32 Å². The minimum absolute atomic E-state index is 0.233. The first kappa shape index (κ1) is 13.0. The van der Waals surface area contributed by atoms with E-state index in [1.807, 2.05) is 24.3 Å². The molecule has 2 nitrogen and oxygen atoms in total. The number of rotatable bonds is 3. The van der Waals surface area contributed by atoms with Crippen LogP contribution in [0.2, 0.25) is 5.02 Å². The molecule has 1 N–H and O–H groups in total. The van der Waals surface area contributed by atoms with Gasteiger partial charge < -0.3 is 5.32 Å². The molecular weight excluding hydrogens is 258 g/mol. The summed E-state index contributed by atoms with van der Waals surface area (Å²) in [5.41, 5.74) is 0.825. The monoisotopic (exact) mass is 277 g/mol. The fourth-order valence-corrected chi connectivity index (χ4v) is 3.40. The smallest absolute Gasteiger partial charge is 0.230 e. The Hall–Kier alpha value is -1.02. The molecule has 0 bridgehead atoms. The molecule has 1 aromatic rings. The predicted octanol–water partition coefficient (Wildman–Crippen LogP) is 3.82. The minimum atomic E-state index is -0.305. The van der Waals surface area contributed by atoms with E-state index in [9.17, 15) is 4.79 Å². The Morgan fingerprint density at radius 1 is 1.11 bits per heavy atom. The highest BCUT2D eigenvalue weighted by Crippen LogP contribution is 2.42. The van der Waals surface area contributed by atoms with Crippen LogP contribution in [0.3, 0.4) is 0 Å². The Balaban J connectivity index is 1.85. The van der Waals surface area contributed by atoms with Crippen LogP contribution in [0, 0.1) is 0 Å². The van der Waals surface area contributed by atoms with Crippen molar-refractivity contribution in [2.45, 2.75) is 56.4 Å². The van der Waals surface area contributed by atoms with Gasteiger partial charge in [0.1, 0.15) is 0 Å². The van der Waals surface area contributed by atoms with Crippen molar-refractivity contribution < 1.29 is 4.79 Å². The molecule has 0 spiro atoms. The van der Waals surface area contributed by atoms with Crippen LogP contribution in [-0.4, -0.2) is 11.9 Å². The number of hydrogen-bond acceptors (Lipinski definition) is 1. The zero-order valence-corrected chi connectivity index (χ0v) is 11.9. The summed E-state index contributed by atoms with van der Waals surface area (Å²) in [6.07, 6.45) is 7.74. The molecular formula is C16H20ClNO. The SMILES string of the molecule is O=C(NC1CCC1)C1(c2ccc(Cl)cc2)CCCC1. The molecule has 0 unspecified atom stereocenters. The van der Waals surface area contributed by atoms with Gasteiger partial charge >= 0.3 is 0 Å². The zero-order valence-electron chi connectivity index (χ0n) is 11.1. The van der Waals surface area contributed by atoms with Gasteiger partial charge in [-0.3, -0.25) is 4.79 Å². The average molecular weight is 278 g/mol. The van der Waals surface area contributed by atoms with Gasteiger partial charge in [-0.2, -0.15) is 0 Å². The highest BCUT2D eigenvalue weighted by Gasteiger charge is 2.43. The molecule has 3 heteroatoms. The number of benzene rings is 1. The molecule has 19 heavy (non-hydrogen) atoms. The van der Waals surface area contributed by atoms with Crippen LogP contribution in [-0.2, 0) is 10.2 Å². The van der Waals surface area contributed by atoms with E-state index in [4.69, 9.17) is 11.6 Å². The van der Waals surface area contributed by atoms with E-state index in [2.05, 4.69) is 5.32 Å². The summed E-state index contributed by atoms with van der Waals surface area (Å²) < 4.78 is 0. The van der Waals surface area contributed by atoms with Crippen molar-refractivity contribution >= 4 is 17.5 Å². The summed E-state index contributed by atoms with van der Waals surface area (Å²) in [5, 5.41) is 3.97. The van der Waals surface area contributed by atoms with Crippen LogP contribution in [0.15, 0.2) is 24.3 Å². The van der Waals surface area contributed by atoms with E-state index in [-0.39, 0.29) is 11.3 Å². The quantitative estimate of drug-likeness (QED) is 0.894. The second kappa shape index (κ2) is 5.16. The first-order chi connectivity index (χ1) is 9.21. The number of halogens is 1. The van der Waals surface area contributed by atoms with Crippen LogP contribution in [0.5, 0.6) is 0 Å². The van der Waals surface area contributed by atoms with Crippen LogP contribution in [0.25, 0.3) is 0 Å². The molecule has 0 atom stereocenters. The van der Waals surface area contributed by atoms with Crippen molar-refractivity contribution in [3.05, 3.63) is 34.9 Å². The second-order valence-corrected chi connectivity index (χ2v) is 6.33. The lowest BCUT2D eigenvalue weighted by atomic mass is 9.77. The number of nitrogens with one attached hydrogen (secondary N) is 1. The Bertz CT molecular complexity index is 458. The summed E-state index contributed by atoms with van der Waals surface area (Å²) in [6.45, 7) is 0. The molecule has 2 fully saturated rings. The van der Waals surface area contributed by atoms with Gasteiger partial charge in [-0.1, -0.05) is 36.6 Å². The Labute approximate surface area is 119 Å². The fourth-order valence-electron chi connectivity index (χ4n) is 3.27. The van der Waals surface area contributed by atoms with Gasteiger partial charge in [0.15, 0.2) is 0 Å². The molecule has 2 aliphatic rings. The number of carbonyl (C=O) groups excluding carboxylic acids is 1. The maximum atomic E-state index is 12.7. The highest BCUT2D eigenvalue weighted by atomic mass is 35.5. The predicted molar refractivity (Wildman–Crippen MR) is 77.4 cm³/mol. The van der Waals surface area contributed by atoms with Crippen LogP contribution in [0.1, 0.15) is 50.5 Å².